The van der Waals surface area contributed by atoms with Gasteiger partial charge in [0.15, 0.2) is 17.4 Å². The molecule has 7 amide bonds. The molecule has 4 aliphatic rings. The van der Waals surface area contributed by atoms with Crippen molar-refractivity contribution in [2.24, 2.45) is 17.3 Å². The normalized spacial score (nSPS) is 25.6. The minimum atomic E-state index is -4.36. The Morgan fingerprint density at radius 3 is 2.30 bits per heavy atom. The highest BCUT2D eigenvalue weighted by Gasteiger charge is 2.51. The average Bonchev–Trinajstić information content (AvgIpc) is 1.76. The molecule has 1 aromatic carbocycles. The molecule has 1 saturated carbocycles. The summed E-state index contributed by atoms with van der Waals surface area (Å²) < 4.78 is 69.5. The van der Waals surface area contributed by atoms with Gasteiger partial charge in [0.2, 0.25) is 35.5 Å². The van der Waals surface area contributed by atoms with Gasteiger partial charge in [-0.25, -0.2) is 28.9 Å². The second-order valence-corrected chi connectivity index (χ2v) is 28.3. The Morgan fingerprint density at radius 2 is 1.60 bits per heavy atom. The van der Waals surface area contributed by atoms with Crippen LogP contribution in [0.15, 0.2) is 66.1 Å². The van der Waals surface area contributed by atoms with Crippen molar-refractivity contribution in [1.29, 1.82) is 0 Å². The summed E-state index contributed by atoms with van der Waals surface area (Å²) in [5, 5.41) is 22.2. The molecular weight excluding hydrogens is 1220 g/mol. The lowest BCUT2D eigenvalue weighted by molar-refractivity contribution is -0.137. The standard InChI is InChI=1S/C53H70N12O18P2S2/c1-29(2)42(59-37(66)10-8-7-9-19-64-40(68)15-16-41(64)69)48(72)57-30(3)47(71)58-33-13-11-31(12-14-33)23-77-52(74)63(6)26-53(4,5)22-38(67)60-51-61-46-43(49(73)62-51)56-28-65(46)50-45-44(70)36(81-50)25-79-84(75,86)82-35-21-34(80-39-17-18-54-27-55-39)20-32(35)24-78-85(76,87)83-45/h11-18,27-30,32,34-36,42,44-45,50,70H,7-10,19-26H2,1-6H3,(H,57,72)(H,58,71)(H,59,66)(H,75,86)(H,76,87)(H2,60,61,62,67,73)/t30-,32+,34+,35-,36-,42-,44+,45+,50+,84+,85+/m0/s1. The third-order valence-electron chi connectivity index (χ3n) is 14.5. The molecule has 3 aliphatic heterocycles. The van der Waals surface area contributed by atoms with Crippen molar-refractivity contribution in [3.05, 3.63) is 77.3 Å². The second kappa shape index (κ2) is 28.7. The Labute approximate surface area is 509 Å². The van der Waals surface area contributed by atoms with Gasteiger partial charge in [-0.05, 0) is 55.2 Å². The zero-order valence-electron chi connectivity index (χ0n) is 48.3. The summed E-state index contributed by atoms with van der Waals surface area (Å²) in [5.74, 6) is -3.63. The number of anilines is 2. The van der Waals surface area contributed by atoms with Gasteiger partial charge in [0.1, 0.15) is 49.4 Å². The number of aromatic amines is 1. The molecule has 0 unspecified atom stereocenters. The van der Waals surface area contributed by atoms with Crippen LogP contribution in [0.1, 0.15) is 91.4 Å². The number of ether oxygens (including phenoxy) is 3. The summed E-state index contributed by atoms with van der Waals surface area (Å²) >= 11 is 8.41. The topological polar surface area (TPSA) is 382 Å². The molecule has 3 aromatic heterocycles. The third-order valence-corrected chi connectivity index (χ3v) is 17.7. The number of thiol groups is 2. The molecule has 6 N–H and O–H groups in total. The molecule has 0 radical (unpaired) electrons. The Bertz CT molecular complexity index is 3360. The van der Waals surface area contributed by atoms with E-state index in [4.69, 9.17) is 32.3 Å². The van der Waals surface area contributed by atoms with Gasteiger partial charge in [0, 0.05) is 75.4 Å². The number of H-pyrrole nitrogens is 1. The van der Waals surface area contributed by atoms with Crippen LogP contribution in [0, 0.1) is 17.3 Å². The molecule has 472 valence electrons. The van der Waals surface area contributed by atoms with Gasteiger partial charge in [-0.1, -0.05) is 70.7 Å². The average molecular weight is 1290 g/mol. The predicted octanol–water partition coefficient (Wildman–Crippen LogP) is 4.61. The first-order chi connectivity index (χ1) is 41.1. The van der Waals surface area contributed by atoms with Crippen molar-refractivity contribution in [2.75, 3.05) is 44.0 Å². The van der Waals surface area contributed by atoms with E-state index in [2.05, 4.69) is 70.7 Å². The summed E-state index contributed by atoms with van der Waals surface area (Å²) in [4.78, 5) is 124. The molecule has 2 saturated heterocycles. The van der Waals surface area contributed by atoms with Crippen LogP contribution in [0.5, 0.6) is 5.88 Å². The number of rotatable bonds is 22. The molecule has 87 heavy (non-hydrogen) atoms. The van der Waals surface area contributed by atoms with Gasteiger partial charge < -0.3 is 44.7 Å². The van der Waals surface area contributed by atoms with E-state index in [0.717, 1.165) is 11.2 Å². The van der Waals surface area contributed by atoms with Crippen LogP contribution in [-0.4, -0.2) is 162 Å². The number of carbonyl (C=O) groups is 7. The maximum Gasteiger partial charge on any atom is 0.409 e. The summed E-state index contributed by atoms with van der Waals surface area (Å²) in [6, 6.07) is 6.12. The van der Waals surface area contributed by atoms with Crippen molar-refractivity contribution in [1.82, 2.24) is 49.9 Å². The van der Waals surface area contributed by atoms with Crippen molar-refractivity contribution in [3.63, 3.8) is 0 Å². The monoisotopic (exact) mass is 1290 g/mol. The zero-order chi connectivity index (χ0) is 63.0. The first-order valence-electron chi connectivity index (χ1n) is 27.9. The van der Waals surface area contributed by atoms with E-state index in [0.29, 0.717) is 36.4 Å². The number of imidazole rings is 1. The fourth-order valence-corrected chi connectivity index (χ4v) is 13.2. The van der Waals surface area contributed by atoms with E-state index in [-0.39, 0.29) is 92.7 Å². The minimum Gasteiger partial charge on any atom is -0.474 e. The van der Waals surface area contributed by atoms with Gasteiger partial charge in [0.25, 0.3) is 17.4 Å². The fourth-order valence-electron chi connectivity index (χ4n) is 10.2. The molecule has 1 aliphatic carbocycles. The van der Waals surface area contributed by atoms with Crippen LogP contribution in [0.4, 0.5) is 16.4 Å². The molecule has 3 fully saturated rings. The number of aliphatic hydroxyl groups excluding tert-OH is 1. The zero-order valence-corrected chi connectivity index (χ0v) is 51.9. The first-order valence-corrected chi connectivity index (χ1v) is 33.3. The van der Waals surface area contributed by atoms with Gasteiger partial charge in [-0.3, -0.25) is 66.9 Å². The van der Waals surface area contributed by atoms with E-state index in [1.54, 1.807) is 58.0 Å². The summed E-state index contributed by atoms with van der Waals surface area (Å²) in [7, 11) is 1.49. The van der Waals surface area contributed by atoms with E-state index in [9.17, 15) is 52.6 Å². The lowest BCUT2D eigenvalue weighted by Gasteiger charge is -2.29. The second-order valence-electron chi connectivity index (χ2n) is 22.5. The van der Waals surface area contributed by atoms with Crippen molar-refractivity contribution in [3.8, 4) is 5.88 Å². The van der Waals surface area contributed by atoms with Crippen LogP contribution >= 0.6 is 38.1 Å². The minimum absolute atomic E-state index is 0.0352. The smallest absolute Gasteiger partial charge is 0.409 e. The van der Waals surface area contributed by atoms with Crippen molar-refractivity contribution >= 4 is 102 Å². The lowest BCUT2D eigenvalue weighted by Crippen LogP contribution is -2.53. The quantitative estimate of drug-likeness (QED) is 0.0230. The molecule has 2 bridgehead atoms. The number of fused-ring (bicyclic) bond motifs is 4. The summed E-state index contributed by atoms with van der Waals surface area (Å²) in [6.45, 7) is -0.739. The van der Waals surface area contributed by atoms with Crippen LogP contribution in [0.25, 0.3) is 11.2 Å². The Hall–Kier alpha value is -6.60. The number of aromatic nitrogens is 6. The predicted molar refractivity (Wildman–Crippen MR) is 316 cm³/mol. The number of carbonyl (C=O) groups excluding carboxylic acids is 7. The Balaban J connectivity index is 0.795. The Morgan fingerprint density at radius 1 is 0.885 bits per heavy atom. The number of nitrogens with zero attached hydrogens (tertiary/aromatic N) is 7. The first kappa shape index (κ1) is 66.4. The van der Waals surface area contributed by atoms with Crippen LogP contribution in [-0.2, 0) is 72.1 Å². The SMILES string of the molecule is CC(C)[C@H](NC(=O)CCCCCN1C(=O)C=CC1=O)C(=O)N[C@@H](C)C(=O)Nc1ccc(COC(=O)N(C)CC(C)(C)CC(=O)Nc2nc3c(ncn3[C@@H]3O[C@H]4CO[P@@](=O)(S)O[C@H]5C[C@H](Oc6ccncn6)C[C@@H]5CO[P@@](=O)(S)O[C@@H]3[C@@H]4O)c(=O)[nH]2)cc1. The fraction of sp³-hybridized carbons (Fsp3) is 0.547. The number of amides is 7. The van der Waals surface area contributed by atoms with Gasteiger partial charge >= 0.3 is 19.7 Å². The largest absolute Gasteiger partial charge is 0.474 e. The lowest BCUT2D eigenvalue weighted by atomic mass is 9.88. The van der Waals surface area contributed by atoms with Gasteiger partial charge in [0.05, 0.1) is 25.6 Å². The molecule has 34 heteroatoms. The highest BCUT2D eigenvalue weighted by molar-refractivity contribution is 8.44. The molecule has 4 aromatic rings. The number of benzene rings is 1. The maximum atomic E-state index is 13.9. The third kappa shape index (κ3) is 18.0. The van der Waals surface area contributed by atoms with Crippen molar-refractivity contribution in [2.45, 2.75) is 135 Å². The van der Waals surface area contributed by atoms with Crippen LogP contribution in [0.3, 0.4) is 0 Å². The van der Waals surface area contributed by atoms with Gasteiger partial charge in [-0.15, -0.1) is 0 Å². The summed E-state index contributed by atoms with van der Waals surface area (Å²) in [6.07, 6.45) is 0.500. The number of nitrogens with one attached hydrogen (secondary N) is 5. The van der Waals surface area contributed by atoms with E-state index in [1.165, 1.54) is 48.1 Å². The molecule has 30 nitrogen and oxygen atoms in total. The maximum absolute atomic E-state index is 13.9. The Kier molecular flexibility index (Phi) is 21.9. The van der Waals surface area contributed by atoms with E-state index in [1.807, 2.05) is 0 Å². The number of aliphatic hydroxyl groups is 1. The van der Waals surface area contributed by atoms with Gasteiger partial charge in [-0.2, -0.15) is 4.98 Å². The molecule has 8 rings (SSSR count). The highest BCUT2D eigenvalue weighted by Crippen LogP contribution is 2.60. The van der Waals surface area contributed by atoms with E-state index < -0.39 is 110 Å². The van der Waals surface area contributed by atoms with Crippen LogP contribution < -0.4 is 31.6 Å². The molecule has 6 heterocycles. The van der Waals surface area contributed by atoms with Crippen molar-refractivity contribution < 1.29 is 80.1 Å². The molecular formula is C53H70N12O18P2S2. The number of imide groups is 1. The number of hydrogen-bond acceptors (Lipinski definition) is 22. The number of hydrogen-bond donors (Lipinski definition) is 8. The van der Waals surface area contributed by atoms with Crippen LogP contribution in [0.2, 0.25) is 0 Å². The molecule has 0 spiro atoms. The summed E-state index contributed by atoms with van der Waals surface area (Å²) in [5.41, 5.74) is -1.05. The highest BCUT2D eigenvalue weighted by atomic mass is 32.7. The van der Waals surface area contributed by atoms with E-state index >= 15 is 0 Å². The number of unbranched alkanes of at least 4 members (excludes halogenated alkanes) is 2. The molecule has 11 atom stereocenters.